The molecule has 1 aliphatic heterocycles. The second-order valence-electron chi connectivity index (χ2n) is 7.00. The quantitative estimate of drug-likeness (QED) is 0.545. The van der Waals surface area contributed by atoms with Gasteiger partial charge in [0.05, 0.1) is 5.56 Å². The lowest BCUT2D eigenvalue weighted by atomic mass is 9.97. The fourth-order valence-corrected chi connectivity index (χ4v) is 3.87. The molecule has 0 spiro atoms. The lowest BCUT2D eigenvalue weighted by Crippen LogP contribution is -2.49. The van der Waals surface area contributed by atoms with Crippen molar-refractivity contribution < 1.29 is 9.59 Å². The van der Waals surface area contributed by atoms with E-state index >= 15 is 0 Å². The van der Waals surface area contributed by atoms with Gasteiger partial charge in [0.15, 0.2) is 5.78 Å². The number of hydrogen-bond donors (Lipinski definition) is 0. The molecule has 5 heteroatoms. The van der Waals surface area contributed by atoms with Gasteiger partial charge in [0, 0.05) is 47.5 Å². The first-order valence-electron chi connectivity index (χ1n) is 9.62. The van der Waals surface area contributed by atoms with Crippen LogP contribution in [0.15, 0.2) is 83.3 Å². The van der Waals surface area contributed by atoms with Gasteiger partial charge in [-0.2, -0.15) is 0 Å². The van der Waals surface area contributed by atoms with Crippen molar-refractivity contribution in [3.63, 3.8) is 0 Å². The summed E-state index contributed by atoms with van der Waals surface area (Å²) < 4.78 is 0.912. The minimum Gasteiger partial charge on any atom is -0.368 e. The summed E-state index contributed by atoms with van der Waals surface area (Å²) in [5.74, 6) is -0.219. The maximum atomic E-state index is 13.2. The Bertz CT molecular complexity index is 1010. The van der Waals surface area contributed by atoms with Crippen molar-refractivity contribution in [2.45, 2.75) is 0 Å². The molecule has 1 aliphatic rings. The summed E-state index contributed by atoms with van der Waals surface area (Å²) in [4.78, 5) is 30.3. The molecule has 29 heavy (non-hydrogen) atoms. The zero-order chi connectivity index (χ0) is 20.2. The maximum Gasteiger partial charge on any atom is 0.254 e. The van der Waals surface area contributed by atoms with Crippen LogP contribution in [0.5, 0.6) is 0 Å². The van der Waals surface area contributed by atoms with E-state index in [-0.39, 0.29) is 11.7 Å². The summed E-state index contributed by atoms with van der Waals surface area (Å²) in [5.41, 5.74) is 2.66. The predicted octanol–water partition coefficient (Wildman–Crippen LogP) is 4.64. The van der Waals surface area contributed by atoms with Crippen LogP contribution in [0, 0.1) is 0 Å². The lowest BCUT2D eigenvalue weighted by molar-refractivity contribution is 0.0742. The Morgan fingerprint density at radius 1 is 0.690 bits per heavy atom. The second-order valence-corrected chi connectivity index (χ2v) is 7.91. The standard InChI is InChI=1S/C24H21BrN2O2/c25-19-12-10-18(11-13-19)23(28)21-8-4-5-9-22(21)24(29)27-16-14-26(15-17-27)20-6-2-1-3-7-20/h1-13H,14-17H2. The molecule has 1 saturated heterocycles. The normalized spacial score (nSPS) is 14.0. The number of piperazine rings is 1. The summed E-state index contributed by atoms with van der Waals surface area (Å²) in [6, 6.07) is 24.5. The molecule has 0 N–H and O–H groups in total. The van der Waals surface area contributed by atoms with E-state index in [9.17, 15) is 9.59 Å². The zero-order valence-electron chi connectivity index (χ0n) is 15.9. The van der Waals surface area contributed by atoms with Crippen LogP contribution < -0.4 is 4.90 Å². The molecule has 3 aromatic carbocycles. The molecular formula is C24H21BrN2O2. The first-order valence-corrected chi connectivity index (χ1v) is 10.4. The van der Waals surface area contributed by atoms with E-state index < -0.39 is 0 Å². The summed E-state index contributed by atoms with van der Waals surface area (Å²) >= 11 is 3.39. The van der Waals surface area contributed by atoms with E-state index in [1.54, 1.807) is 30.3 Å². The van der Waals surface area contributed by atoms with E-state index in [1.165, 1.54) is 5.69 Å². The first kappa shape index (κ1) is 19.4. The van der Waals surface area contributed by atoms with Gasteiger partial charge in [0.25, 0.3) is 5.91 Å². The fourth-order valence-electron chi connectivity index (χ4n) is 3.60. The topological polar surface area (TPSA) is 40.6 Å². The van der Waals surface area contributed by atoms with Crippen LogP contribution in [0.3, 0.4) is 0 Å². The molecule has 0 bridgehead atoms. The summed E-state index contributed by atoms with van der Waals surface area (Å²) in [6.07, 6.45) is 0. The number of rotatable bonds is 4. The Hall–Kier alpha value is -2.92. The number of ketones is 1. The van der Waals surface area contributed by atoms with Gasteiger partial charge in [-0.3, -0.25) is 9.59 Å². The third-order valence-electron chi connectivity index (χ3n) is 5.20. The summed E-state index contributed by atoms with van der Waals surface area (Å²) in [6.45, 7) is 2.82. The van der Waals surface area contributed by atoms with Crippen LogP contribution in [-0.4, -0.2) is 42.8 Å². The van der Waals surface area contributed by atoms with Gasteiger partial charge in [0.1, 0.15) is 0 Å². The second kappa shape index (κ2) is 8.62. The number of hydrogen-bond acceptors (Lipinski definition) is 3. The van der Waals surface area contributed by atoms with Gasteiger partial charge in [0.2, 0.25) is 0 Å². The SMILES string of the molecule is O=C(c1ccc(Br)cc1)c1ccccc1C(=O)N1CCN(c2ccccc2)CC1. The molecule has 0 aliphatic carbocycles. The highest BCUT2D eigenvalue weighted by Crippen LogP contribution is 2.21. The van der Waals surface area contributed by atoms with Crippen molar-refractivity contribution in [1.82, 2.24) is 4.90 Å². The van der Waals surface area contributed by atoms with Gasteiger partial charge in [-0.25, -0.2) is 0 Å². The van der Waals surface area contributed by atoms with Gasteiger partial charge in [-0.15, -0.1) is 0 Å². The number of benzene rings is 3. The average Bonchev–Trinajstić information content (AvgIpc) is 2.79. The molecule has 0 unspecified atom stereocenters. The first-order chi connectivity index (χ1) is 14.1. The molecule has 146 valence electrons. The summed E-state index contributed by atoms with van der Waals surface area (Å²) in [5, 5.41) is 0. The van der Waals surface area contributed by atoms with Crippen LogP contribution in [0.1, 0.15) is 26.3 Å². The van der Waals surface area contributed by atoms with Crippen molar-refractivity contribution in [3.8, 4) is 0 Å². The number of para-hydroxylation sites is 1. The number of halogens is 1. The van der Waals surface area contributed by atoms with Crippen LogP contribution in [0.2, 0.25) is 0 Å². The van der Waals surface area contributed by atoms with E-state index in [2.05, 4.69) is 33.0 Å². The highest BCUT2D eigenvalue weighted by atomic mass is 79.9. The van der Waals surface area contributed by atoms with Crippen LogP contribution in [-0.2, 0) is 0 Å². The van der Waals surface area contributed by atoms with Crippen molar-refractivity contribution in [2.75, 3.05) is 31.1 Å². The lowest BCUT2D eigenvalue weighted by Gasteiger charge is -2.36. The van der Waals surface area contributed by atoms with Gasteiger partial charge in [-0.1, -0.05) is 52.3 Å². The third kappa shape index (κ3) is 4.25. The van der Waals surface area contributed by atoms with Gasteiger partial charge in [-0.05, 0) is 42.5 Å². The molecule has 1 amide bonds. The Labute approximate surface area is 178 Å². The molecule has 0 radical (unpaired) electrons. The number of nitrogens with zero attached hydrogens (tertiary/aromatic N) is 2. The number of anilines is 1. The van der Waals surface area contributed by atoms with E-state index in [4.69, 9.17) is 0 Å². The highest BCUT2D eigenvalue weighted by molar-refractivity contribution is 9.10. The van der Waals surface area contributed by atoms with Gasteiger partial charge < -0.3 is 9.80 Å². The van der Waals surface area contributed by atoms with Crippen molar-refractivity contribution >= 4 is 33.3 Å². The van der Waals surface area contributed by atoms with E-state index in [0.29, 0.717) is 29.8 Å². The zero-order valence-corrected chi connectivity index (χ0v) is 17.5. The van der Waals surface area contributed by atoms with Crippen LogP contribution >= 0.6 is 15.9 Å². The molecule has 3 aromatic rings. The molecule has 0 aromatic heterocycles. The molecule has 4 rings (SSSR count). The predicted molar refractivity (Wildman–Crippen MR) is 119 cm³/mol. The molecule has 0 atom stereocenters. The Morgan fingerprint density at radius 2 is 1.28 bits per heavy atom. The van der Waals surface area contributed by atoms with Gasteiger partial charge >= 0.3 is 0 Å². The van der Waals surface area contributed by atoms with Crippen molar-refractivity contribution in [1.29, 1.82) is 0 Å². The third-order valence-corrected chi connectivity index (χ3v) is 5.73. The number of amides is 1. The van der Waals surface area contributed by atoms with E-state index in [1.807, 2.05) is 41.3 Å². The Kier molecular flexibility index (Phi) is 5.76. The molecule has 1 fully saturated rings. The van der Waals surface area contributed by atoms with Crippen molar-refractivity contribution in [2.24, 2.45) is 0 Å². The number of carbonyl (C=O) groups is 2. The van der Waals surface area contributed by atoms with Crippen molar-refractivity contribution in [3.05, 3.63) is 100 Å². The van der Waals surface area contributed by atoms with E-state index in [0.717, 1.165) is 17.6 Å². The fraction of sp³-hybridized carbons (Fsp3) is 0.167. The Balaban J connectivity index is 1.51. The average molecular weight is 449 g/mol. The highest BCUT2D eigenvalue weighted by Gasteiger charge is 2.25. The summed E-state index contributed by atoms with van der Waals surface area (Å²) in [7, 11) is 0. The molecular weight excluding hydrogens is 428 g/mol. The smallest absolute Gasteiger partial charge is 0.254 e. The molecule has 4 nitrogen and oxygen atoms in total. The molecule has 0 saturated carbocycles. The van der Waals surface area contributed by atoms with Crippen LogP contribution in [0.25, 0.3) is 0 Å². The largest absolute Gasteiger partial charge is 0.368 e. The van der Waals surface area contributed by atoms with Crippen LogP contribution in [0.4, 0.5) is 5.69 Å². The minimum atomic E-state index is -0.135. The number of carbonyl (C=O) groups excluding carboxylic acids is 2. The maximum absolute atomic E-state index is 13.2. The minimum absolute atomic E-state index is 0.0845. The molecule has 1 heterocycles. The monoisotopic (exact) mass is 448 g/mol. The Morgan fingerprint density at radius 3 is 1.93 bits per heavy atom.